The van der Waals surface area contributed by atoms with E-state index in [1.165, 1.54) is 25.0 Å². The lowest BCUT2D eigenvalue weighted by Gasteiger charge is -2.08. The van der Waals surface area contributed by atoms with Crippen molar-refractivity contribution in [2.24, 2.45) is 0 Å². The maximum absolute atomic E-state index is 10.8. The fourth-order valence-corrected chi connectivity index (χ4v) is 1.72. The van der Waals surface area contributed by atoms with Gasteiger partial charge in [0.1, 0.15) is 11.5 Å². The van der Waals surface area contributed by atoms with E-state index in [0.717, 1.165) is 12.8 Å². The van der Waals surface area contributed by atoms with E-state index in [0.29, 0.717) is 12.1 Å². The molecule has 7 heteroatoms. The van der Waals surface area contributed by atoms with Gasteiger partial charge in [-0.3, -0.25) is 15.5 Å². The highest BCUT2D eigenvalue weighted by Crippen LogP contribution is 2.22. The minimum Gasteiger partial charge on any atom is -0.393 e. The number of nitrogens with one attached hydrogen (secondary N) is 2. The van der Waals surface area contributed by atoms with Gasteiger partial charge in [0.25, 0.3) is 5.69 Å². The first-order valence-electron chi connectivity index (χ1n) is 6.43. The molecule has 0 radical (unpaired) electrons. The third-order valence-electron chi connectivity index (χ3n) is 2.85. The van der Waals surface area contributed by atoms with Crippen molar-refractivity contribution in [2.45, 2.75) is 32.6 Å². The Morgan fingerprint density at radius 2 is 2.10 bits per heavy atom. The van der Waals surface area contributed by atoms with Gasteiger partial charge in [-0.2, -0.15) is 0 Å². The Morgan fingerprint density at radius 1 is 1.40 bits per heavy atom. The van der Waals surface area contributed by atoms with Gasteiger partial charge in [-0.25, -0.2) is 0 Å². The van der Waals surface area contributed by atoms with E-state index in [4.69, 9.17) is 11.1 Å². The average Bonchev–Trinajstić information content (AvgIpc) is 2.38. The van der Waals surface area contributed by atoms with Crippen LogP contribution in [0.2, 0.25) is 0 Å². The van der Waals surface area contributed by atoms with Gasteiger partial charge in [-0.15, -0.1) is 12.4 Å². The fourth-order valence-electron chi connectivity index (χ4n) is 1.72. The summed E-state index contributed by atoms with van der Waals surface area (Å²) in [7, 11) is 0. The molecular formula is C13H21ClN4O2. The quantitative estimate of drug-likeness (QED) is 0.180. The predicted octanol–water partition coefficient (Wildman–Crippen LogP) is 3.09. The summed E-state index contributed by atoms with van der Waals surface area (Å²) in [5, 5.41) is 21.6. The van der Waals surface area contributed by atoms with Gasteiger partial charge in [0.05, 0.1) is 4.92 Å². The van der Waals surface area contributed by atoms with Gasteiger partial charge in [-0.1, -0.05) is 26.2 Å². The summed E-state index contributed by atoms with van der Waals surface area (Å²) < 4.78 is 0. The Kier molecular flexibility index (Phi) is 8.31. The third kappa shape index (κ3) is 5.44. The Balaban J connectivity index is 0.00000361. The molecule has 0 saturated heterocycles. The second-order valence-corrected chi connectivity index (χ2v) is 4.39. The molecule has 0 fully saturated rings. The molecule has 4 N–H and O–H groups in total. The first-order valence-corrected chi connectivity index (χ1v) is 6.43. The molecule has 0 atom stereocenters. The van der Waals surface area contributed by atoms with Crippen LogP contribution in [0, 0.1) is 15.5 Å². The molecule has 0 bridgehead atoms. The maximum atomic E-state index is 10.8. The second kappa shape index (κ2) is 9.14. The summed E-state index contributed by atoms with van der Waals surface area (Å²) in [6.07, 6.45) is 4.47. The van der Waals surface area contributed by atoms with E-state index >= 15 is 0 Å². The number of nitrogens with zero attached hydrogens (tertiary/aromatic N) is 1. The first kappa shape index (κ1) is 18.2. The van der Waals surface area contributed by atoms with Crippen LogP contribution in [0.25, 0.3) is 0 Å². The molecule has 0 aliphatic rings. The summed E-state index contributed by atoms with van der Waals surface area (Å²) in [4.78, 5) is 10.2. The molecule has 0 amide bonds. The molecule has 1 aromatic carbocycles. The number of nitro benzene ring substituents is 1. The molecule has 112 valence electrons. The molecule has 0 aliphatic carbocycles. The number of hydrogen-bond donors (Lipinski definition) is 3. The van der Waals surface area contributed by atoms with E-state index < -0.39 is 4.92 Å². The van der Waals surface area contributed by atoms with Crippen LogP contribution in [0.5, 0.6) is 0 Å². The van der Waals surface area contributed by atoms with Crippen LogP contribution in [-0.2, 0) is 0 Å². The number of rotatable bonds is 7. The van der Waals surface area contributed by atoms with Crippen LogP contribution in [0.15, 0.2) is 18.2 Å². The van der Waals surface area contributed by atoms with Gasteiger partial charge in [0, 0.05) is 18.2 Å². The zero-order valence-electron chi connectivity index (χ0n) is 11.5. The zero-order valence-corrected chi connectivity index (χ0v) is 12.3. The van der Waals surface area contributed by atoms with Gasteiger partial charge in [0.15, 0.2) is 0 Å². The monoisotopic (exact) mass is 300 g/mol. The molecule has 1 rings (SSSR count). The van der Waals surface area contributed by atoms with E-state index in [9.17, 15) is 10.1 Å². The number of anilines is 1. The minimum atomic E-state index is -0.534. The molecule has 0 unspecified atom stereocenters. The van der Waals surface area contributed by atoms with Crippen LogP contribution >= 0.6 is 12.4 Å². The van der Waals surface area contributed by atoms with E-state index in [1.54, 1.807) is 6.07 Å². The Hall–Kier alpha value is -1.82. The number of halogens is 1. The molecule has 0 aromatic heterocycles. The van der Waals surface area contributed by atoms with Crippen LogP contribution in [0.3, 0.4) is 0 Å². The molecule has 0 spiro atoms. The van der Waals surface area contributed by atoms with Gasteiger partial charge >= 0.3 is 0 Å². The minimum absolute atomic E-state index is 0. The summed E-state index contributed by atoms with van der Waals surface area (Å²) in [5.41, 5.74) is 5.95. The molecule has 0 saturated carbocycles. The van der Waals surface area contributed by atoms with Crippen molar-refractivity contribution in [3.05, 3.63) is 33.9 Å². The number of benzene rings is 1. The molecule has 1 aromatic rings. The van der Waals surface area contributed by atoms with Crippen LogP contribution in [-0.4, -0.2) is 17.3 Å². The third-order valence-corrected chi connectivity index (χ3v) is 2.85. The number of nitro groups is 1. The van der Waals surface area contributed by atoms with Crippen LogP contribution in [0.4, 0.5) is 11.4 Å². The highest BCUT2D eigenvalue weighted by molar-refractivity contribution is 5.97. The van der Waals surface area contributed by atoms with Crippen molar-refractivity contribution in [1.29, 1.82) is 5.41 Å². The molecule has 0 aliphatic heterocycles. The van der Waals surface area contributed by atoms with Crippen molar-refractivity contribution >= 4 is 29.6 Å². The molecule has 6 nitrogen and oxygen atoms in total. The fraction of sp³-hybridized carbons (Fsp3) is 0.462. The van der Waals surface area contributed by atoms with Crippen molar-refractivity contribution in [2.75, 3.05) is 12.3 Å². The summed E-state index contributed by atoms with van der Waals surface area (Å²) in [5.74, 6) is 0.194. The largest absolute Gasteiger partial charge is 0.393 e. The van der Waals surface area contributed by atoms with E-state index in [1.807, 2.05) is 0 Å². The zero-order chi connectivity index (χ0) is 14.3. The molecular weight excluding hydrogens is 280 g/mol. The predicted molar refractivity (Wildman–Crippen MR) is 83.7 cm³/mol. The standard InChI is InChI=1S/C13H20N4O2.ClH/c1-2-3-4-5-8-16-13(15)10-6-7-11(14)12(9-10)17(18)19;/h6-7,9H,2-5,8,14H2,1H3,(H2,15,16);1H. The number of unbranched alkanes of at least 4 members (excludes halogenated alkanes) is 3. The average molecular weight is 301 g/mol. The lowest BCUT2D eigenvalue weighted by molar-refractivity contribution is -0.383. The van der Waals surface area contributed by atoms with Gasteiger partial charge in [0.2, 0.25) is 0 Å². The first-order chi connectivity index (χ1) is 9.06. The SMILES string of the molecule is CCCCCCNC(=N)c1ccc(N)c([N+](=O)[O-])c1.Cl. The number of nitrogen functional groups attached to an aromatic ring is 1. The van der Waals surface area contributed by atoms with Gasteiger partial charge in [-0.05, 0) is 18.6 Å². The smallest absolute Gasteiger partial charge is 0.292 e. The highest BCUT2D eigenvalue weighted by Gasteiger charge is 2.13. The van der Waals surface area contributed by atoms with Crippen molar-refractivity contribution < 1.29 is 4.92 Å². The maximum Gasteiger partial charge on any atom is 0.292 e. The molecule has 0 heterocycles. The van der Waals surface area contributed by atoms with Gasteiger partial charge < -0.3 is 11.1 Å². The Bertz CT molecular complexity index is 466. The number of hydrogen-bond acceptors (Lipinski definition) is 4. The highest BCUT2D eigenvalue weighted by atomic mass is 35.5. The lowest BCUT2D eigenvalue weighted by Crippen LogP contribution is -2.24. The van der Waals surface area contributed by atoms with E-state index in [-0.39, 0.29) is 29.6 Å². The lowest BCUT2D eigenvalue weighted by atomic mass is 10.1. The number of nitrogens with two attached hydrogens (primary N) is 1. The van der Waals surface area contributed by atoms with Crippen molar-refractivity contribution in [1.82, 2.24) is 5.32 Å². The molecule has 20 heavy (non-hydrogen) atoms. The summed E-state index contributed by atoms with van der Waals surface area (Å²) in [6.45, 7) is 2.85. The van der Waals surface area contributed by atoms with Crippen molar-refractivity contribution in [3.63, 3.8) is 0 Å². The Morgan fingerprint density at radius 3 is 2.70 bits per heavy atom. The van der Waals surface area contributed by atoms with Crippen molar-refractivity contribution in [3.8, 4) is 0 Å². The van der Waals surface area contributed by atoms with E-state index in [2.05, 4.69) is 12.2 Å². The Labute approximate surface area is 124 Å². The summed E-state index contributed by atoms with van der Waals surface area (Å²) >= 11 is 0. The summed E-state index contributed by atoms with van der Waals surface area (Å²) in [6, 6.07) is 4.40. The van der Waals surface area contributed by atoms with Crippen LogP contribution in [0.1, 0.15) is 38.2 Å². The normalized spacial score (nSPS) is 9.65. The number of amidine groups is 1. The second-order valence-electron chi connectivity index (χ2n) is 4.39. The van der Waals surface area contributed by atoms with Crippen LogP contribution < -0.4 is 11.1 Å². The topological polar surface area (TPSA) is 105 Å².